The Bertz CT molecular complexity index is 791. The van der Waals surface area contributed by atoms with Gasteiger partial charge in [-0.2, -0.15) is 9.61 Å². The van der Waals surface area contributed by atoms with Gasteiger partial charge in [-0.3, -0.25) is 4.90 Å². The summed E-state index contributed by atoms with van der Waals surface area (Å²) in [5.41, 5.74) is 1.19. The fourth-order valence-electron chi connectivity index (χ4n) is 3.12. The molecular formula is C16H19N5OS. The lowest BCUT2D eigenvalue weighted by atomic mass is 10.0. The Hall–Kier alpha value is -1.96. The number of hydrogen-bond acceptors (Lipinski definition) is 6. The van der Waals surface area contributed by atoms with Gasteiger partial charge in [0.2, 0.25) is 10.8 Å². The standard InChI is InChI=1S/C16H19N5OS/c1-19-7-9-20(10-8-19)13(12-5-3-2-4-6-12)14-15(22)21-16(23-14)17-11-18-21/h2-6,11,13,22H,7-10H2,1H3/t13-/m1/s1. The molecule has 0 saturated carbocycles. The number of aromatic nitrogens is 3. The number of piperazine rings is 1. The van der Waals surface area contributed by atoms with Crippen LogP contribution in [-0.4, -0.2) is 62.7 Å². The van der Waals surface area contributed by atoms with Gasteiger partial charge in [0, 0.05) is 26.2 Å². The van der Waals surface area contributed by atoms with Crippen molar-refractivity contribution in [1.29, 1.82) is 0 Å². The first-order chi connectivity index (χ1) is 11.2. The smallest absolute Gasteiger partial charge is 0.230 e. The molecule has 2 aromatic heterocycles. The third-order valence-corrected chi connectivity index (χ3v) is 5.49. The fourth-order valence-corrected chi connectivity index (χ4v) is 4.21. The highest BCUT2D eigenvalue weighted by Crippen LogP contribution is 2.39. The first kappa shape index (κ1) is 14.6. The number of likely N-dealkylation sites (N-methyl/N-ethyl adjacent to an activating group) is 1. The zero-order chi connectivity index (χ0) is 15.8. The van der Waals surface area contributed by atoms with Crippen molar-refractivity contribution in [2.45, 2.75) is 6.04 Å². The molecule has 120 valence electrons. The Morgan fingerprint density at radius 2 is 1.87 bits per heavy atom. The molecule has 1 aliphatic heterocycles. The van der Waals surface area contributed by atoms with Crippen LogP contribution in [0, 0.1) is 0 Å². The molecule has 1 aliphatic rings. The third kappa shape index (κ3) is 2.60. The summed E-state index contributed by atoms with van der Waals surface area (Å²) in [7, 11) is 2.15. The van der Waals surface area contributed by atoms with Gasteiger partial charge in [-0.05, 0) is 12.6 Å². The minimum absolute atomic E-state index is 0.0402. The summed E-state index contributed by atoms with van der Waals surface area (Å²) < 4.78 is 1.52. The Kier molecular flexibility index (Phi) is 3.76. The molecule has 1 N–H and O–H groups in total. The van der Waals surface area contributed by atoms with E-state index >= 15 is 0 Å². The maximum Gasteiger partial charge on any atom is 0.230 e. The molecule has 0 amide bonds. The average molecular weight is 329 g/mol. The van der Waals surface area contributed by atoms with E-state index in [0.717, 1.165) is 36.0 Å². The van der Waals surface area contributed by atoms with Gasteiger partial charge in [-0.15, -0.1) is 0 Å². The van der Waals surface area contributed by atoms with E-state index in [1.165, 1.54) is 27.7 Å². The first-order valence-corrected chi connectivity index (χ1v) is 8.54. The predicted molar refractivity (Wildman–Crippen MR) is 89.9 cm³/mol. The predicted octanol–water partition coefficient (Wildman–Crippen LogP) is 1.83. The quantitative estimate of drug-likeness (QED) is 0.794. The molecule has 6 nitrogen and oxygen atoms in total. The van der Waals surface area contributed by atoms with Gasteiger partial charge >= 0.3 is 0 Å². The van der Waals surface area contributed by atoms with E-state index in [-0.39, 0.29) is 11.9 Å². The fraction of sp³-hybridized carbons (Fsp3) is 0.375. The van der Waals surface area contributed by atoms with Gasteiger partial charge < -0.3 is 10.0 Å². The maximum absolute atomic E-state index is 10.6. The van der Waals surface area contributed by atoms with Crippen LogP contribution in [0.25, 0.3) is 4.96 Å². The summed E-state index contributed by atoms with van der Waals surface area (Å²) in [5.74, 6) is 0.204. The monoisotopic (exact) mass is 329 g/mol. The van der Waals surface area contributed by atoms with Crippen LogP contribution < -0.4 is 0 Å². The highest BCUT2D eigenvalue weighted by molar-refractivity contribution is 7.17. The molecule has 1 fully saturated rings. The molecule has 0 unspecified atom stereocenters. The third-order valence-electron chi connectivity index (χ3n) is 4.41. The minimum atomic E-state index is 0.0402. The van der Waals surface area contributed by atoms with Crippen LogP contribution in [0.3, 0.4) is 0 Å². The van der Waals surface area contributed by atoms with Crippen molar-refractivity contribution in [2.24, 2.45) is 0 Å². The van der Waals surface area contributed by atoms with E-state index in [0.29, 0.717) is 0 Å². The lowest BCUT2D eigenvalue weighted by Gasteiger charge is -2.37. The normalized spacial score (nSPS) is 18.5. The second kappa shape index (κ2) is 5.92. The molecule has 0 spiro atoms. The van der Waals surface area contributed by atoms with Crippen LogP contribution in [0.4, 0.5) is 0 Å². The molecule has 1 aromatic carbocycles. The lowest BCUT2D eigenvalue weighted by Crippen LogP contribution is -2.46. The Balaban J connectivity index is 1.78. The number of benzene rings is 1. The summed E-state index contributed by atoms with van der Waals surface area (Å²) >= 11 is 1.51. The Labute approximate surface area is 138 Å². The number of fused-ring (bicyclic) bond motifs is 1. The van der Waals surface area contributed by atoms with Crippen molar-refractivity contribution in [2.75, 3.05) is 33.2 Å². The highest BCUT2D eigenvalue weighted by Gasteiger charge is 2.30. The summed E-state index contributed by atoms with van der Waals surface area (Å²) in [6, 6.07) is 10.4. The number of thiazole rings is 1. The highest BCUT2D eigenvalue weighted by atomic mass is 32.1. The zero-order valence-corrected chi connectivity index (χ0v) is 13.8. The largest absolute Gasteiger partial charge is 0.492 e. The van der Waals surface area contributed by atoms with Gasteiger partial charge in [-0.1, -0.05) is 41.7 Å². The van der Waals surface area contributed by atoms with Crippen molar-refractivity contribution < 1.29 is 5.11 Å². The van der Waals surface area contributed by atoms with E-state index in [1.54, 1.807) is 0 Å². The molecule has 1 atom stereocenters. The zero-order valence-electron chi connectivity index (χ0n) is 13.0. The molecule has 7 heteroatoms. The van der Waals surface area contributed by atoms with Crippen molar-refractivity contribution >= 4 is 16.3 Å². The Morgan fingerprint density at radius 3 is 2.57 bits per heavy atom. The molecule has 1 saturated heterocycles. The minimum Gasteiger partial charge on any atom is -0.492 e. The molecule has 3 aromatic rings. The van der Waals surface area contributed by atoms with Crippen molar-refractivity contribution in [3.8, 4) is 5.88 Å². The van der Waals surface area contributed by atoms with Crippen molar-refractivity contribution in [3.63, 3.8) is 0 Å². The summed E-state index contributed by atoms with van der Waals surface area (Å²) in [6.45, 7) is 4.02. The summed E-state index contributed by atoms with van der Waals surface area (Å²) in [6.07, 6.45) is 1.47. The topological polar surface area (TPSA) is 56.9 Å². The van der Waals surface area contributed by atoms with E-state index in [4.69, 9.17) is 0 Å². The van der Waals surface area contributed by atoms with Crippen molar-refractivity contribution in [3.05, 3.63) is 47.1 Å². The number of hydrogen-bond donors (Lipinski definition) is 1. The van der Waals surface area contributed by atoms with Crippen LogP contribution in [0.15, 0.2) is 36.7 Å². The molecular weight excluding hydrogens is 310 g/mol. The van der Waals surface area contributed by atoms with Gasteiger partial charge in [0.1, 0.15) is 6.33 Å². The SMILES string of the molecule is CN1CCN([C@H](c2ccccc2)c2sc3ncnn3c2O)CC1. The van der Waals surface area contributed by atoms with Gasteiger partial charge in [-0.25, -0.2) is 4.98 Å². The van der Waals surface area contributed by atoms with Gasteiger partial charge in [0.25, 0.3) is 0 Å². The first-order valence-electron chi connectivity index (χ1n) is 7.73. The molecule has 4 rings (SSSR count). The number of nitrogens with zero attached hydrogens (tertiary/aromatic N) is 5. The summed E-state index contributed by atoms with van der Waals surface area (Å²) in [5, 5.41) is 14.7. The van der Waals surface area contributed by atoms with Crippen LogP contribution >= 0.6 is 11.3 Å². The van der Waals surface area contributed by atoms with E-state index in [1.807, 2.05) is 18.2 Å². The van der Waals surface area contributed by atoms with Crippen molar-refractivity contribution in [1.82, 2.24) is 24.4 Å². The van der Waals surface area contributed by atoms with Gasteiger partial charge in [0.15, 0.2) is 0 Å². The second-order valence-corrected chi connectivity index (χ2v) is 6.91. The average Bonchev–Trinajstić information content (AvgIpc) is 3.15. The van der Waals surface area contributed by atoms with E-state index in [2.05, 4.69) is 39.1 Å². The lowest BCUT2D eigenvalue weighted by molar-refractivity contribution is 0.127. The molecule has 3 heterocycles. The number of rotatable bonds is 3. The van der Waals surface area contributed by atoms with Crippen LogP contribution in [-0.2, 0) is 0 Å². The van der Waals surface area contributed by atoms with E-state index in [9.17, 15) is 5.11 Å². The van der Waals surface area contributed by atoms with E-state index < -0.39 is 0 Å². The molecule has 23 heavy (non-hydrogen) atoms. The molecule has 0 radical (unpaired) electrons. The van der Waals surface area contributed by atoms with Crippen LogP contribution in [0.1, 0.15) is 16.5 Å². The number of aromatic hydroxyl groups is 1. The van der Waals surface area contributed by atoms with Gasteiger partial charge in [0.05, 0.1) is 10.9 Å². The molecule has 0 bridgehead atoms. The Morgan fingerprint density at radius 1 is 1.13 bits per heavy atom. The molecule has 0 aliphatic carbocycles. The van der Waals surface area contributed by atoms with Crippen LogP contribution in [0.2, 0.25) is 0 Å². The maximum atomic E-state index is 10.6. The second-order valence-electron chi connectivity index (χ2n) is 5.90. The van der Waals surface area contributed by atoms with Crippen LogP contribution in [0.5, 0.6) is 5.88 Å². The summed E-state index contributed by atoms with van der Waals surface area (Å²) in [4.78, 5) is 10.6.